The van der Waals surface area contributed by atoms with E-state index in [4.69, 9.17) is 0 Å². The van der Waals surface area contributed by atoms with Crippen LogP contribution in [0.3, 0.4) is 0 Å². The molecule has 1 aromatic carbocycles. The van der Waals surface area contributed by atoms with Crippen molar-refractivity contribution >= 4 is 31.7 Å². The Labute approximate surface area is 128 Å². The van der Waals surface area contributed by atoms with Crippen molar-refractivity contribution in [2.75, 3.05) is 5.75 Å². The number of alkyl halides is 1. The Balaban J connectivity index is 1.97. The average Bonchev–Trinajstić information content (AvgIpc) is 2.44. The predicted molar refractivity (Wildman–Crippen MR) is 82.3 cm³/mol. The van der Waals surface area contributed by atoms with E-state index in [1.807, 2.05) is 24.3 Å². The summed E-state index contributed by atoms with van der Waals surface area (Å²) in [5.74, 6) is -0.238. The quantitative estimate of drug-likeness (QED) is 0.837. The standard InChI is InChI=1S/C14H18BrNO3S/c15-9-11-4-3-5-12(8-11)10-16-14(17)13-6-1-2-7-20(13,18)19/h3-5,8,13H,1-2,6-7,9-10H2,(H,16,17). The number of carbonyl (C=O) groups is 1. The average molecular weight is 360 g/mol. The van der Waals surface area contributed by atoms with Gasteiger partial charge in [-0.2, -0.15) is 0 Å². The maximum absolute atomic E-state index is 12.0. The van der Waals surface area contributed by atoms with E-state index in [9.17, 15) is 13.2 Å². The van der Waals surface area contributed by atoms with E-state index >= 15 is 0 Å². The van der Waals surface area contributed by atoms with E-state index in [0.717, 1.165) is 22.9 Å². The normalized spacial score (nSPS) is 21.4. The summed E-state index contributed by atoms with van der Waals surface area (Å²) >= 11 is 3.38. The second-order valence-corrected chi connectivity index (χ2v) is 7.89. The molecule has 0 bridgehead atoms. The number of rotatable bonds is 4. The van der Waals surface area contributed by atoms with Gasteiger partial charge in [0.05, 0.1) is 5.75 Å². The van der Waals surface area contributed by atoms with Crippen LogP contribution in [-0.2, 0) is 26.5 Å². The van der Waals surface area contributed by atoms with Crippen LogP contribution in [-0.4, -0.2) is 25.3 Å². The molecule has 1 aromatic rings. The van der Waals surface area contributed by atoms with E-state index in [0.29, 0.717) is 19.4 Å². The van der Waals surface area contributed by atoms with Crippen LogP contribution in [0.25, 0.3) is 0 Å². The number of hydrogen-bond acceptors (Lipinski definition) is 3. The molecule has 110 valence electrons. The van der Waals surface area contributed by atoms with Gasteiger partial charge < -0.3 is 5.32 Å². The van der Waals surface area contributed by atoms with Crippen LogP contribution < -0.4 is 5.32 Å². The largest absolute Gasteiger partial charge is 0.351 e. The monoisotopic (exact) mass is 359 g/mol. The second-order valence-electron chi connectivity index (χ2n) is 5.02. The molecule has 2 rings (SSSR count). The van der Waals surface area contributed by atoms with Gasteiger partial charge >= 0.3 is 0 Å². The minimum Gasteiger partial charge on any atom is -0.351 e. The van der Waals surface area contributed by atoms with E-state index in [1.165, 1.54) is 0 Å². The fourth-order valence-corrected chi connectivity index (χ4v) is 4.55. The third-order valence-corrected chi connectivity index (χ3v) is 6.31. The number of hydrogen-bond donors (Lipinski definition) is 1. The van der Waals surface area contributed by atoms with Crippen LogP contribution in [0.2, 0.25) is 0 Å². The third kappa shape index (κ3) is 3.82. The number of halogens is 1. The van der Waals surface area contributed by atoms with Gasteiger partial charge in [0.2, 0.25) is 5.91 Å². The van der Waals surface area contributed by atoms with Crippen LogP contribution in [0.4, 0.5) is 0 Å². The van der Waals surface area contributed by atoms with Crippen LogP contribution in [0.15, 0.2) is 24.3 Å². The number of benzene rings is 1. The van der Waals surface area contributed by atoms with Crippen molar-refractivity contribution < 1.29 is 13.2 Å². The van der Waals surface area contributed by atoms with Crippen LogP contribution >= 0.6 is 15.9 Å². The number of sulfone groups is 1. The Hall–Kier alpha value is -0.880. The fraction of sp³-hybridized carbons (Fsp3) is 0.500. The summed E-state index contributed by atoms with van der Waals surface area (Å²) in [4.78, 5) is 12.0. The first-order valence-corrected chi connectivity index (χ1v) is 9.49. The molecule has 1 amide bonds. The minimum atomic E-state index is -3.26. The van der Waals surface area contributed by atoms with E-state index in [2.05, 4.69) is 21.2 Å². The highest BCUT2D eigenvalue weighted by Gasteiger charge is 2.34. The number of amides is 1. The summed E-state index contributed by atoms with van der Waals surface area (Å²) in [5, 5.41) is 2.63. The zero-order chi connectivity index (χ0) is 14.6. The van der Waals surface area contributed by atoms with Crippen molar-refractivity contribution in [3.05, 3.63) is 35.4 Å². The SMILES string of the molecule is O=C(NCc1cccc(CBr)c1)C1CCCCS1(=O)=O. The molecule has 0 aliphatic carbocycles. The predicted octanol–water partition coefficient (Wildman–Crippen LogP) is 2.17. The van der Waals surface area contributed by atoms with Crippen LogP contribution in [0.5, 0.6) is 0 Å². The Kier molecular flexibility index (Phi) is 5.21. The van der Waals surface area contributed by atoms with Crippen LogP contribution in [0.1, 0.15) is 30.4 Å². The Morgan fingerprint density at radius 3 is 2.75 bits per heavy atom. The third-order valence-electron chi connectivity index (χ3n) is 3.48. The van der Waals surface area contributed by atoms with Gasteiger partial charge in [0.25, 0.3) is 0 Å². The van der Waals surface area contributed by atoms with Gasteiger partial charge in [0, 0.05) is 11.9 Å². The highest BCUT2D eigenvalue weighted by atomic mass is 79.9. The Bertz CT molecular complexity index is 586. The molecule has 0 radical (unpaired) electrons. The maximum atomic E-state index is 12.0. The summed E-state index contributed by atoms with van der Waals surface area (Å²) in [6.45, 7) is 0.367. The molecule has 0 saturated carbocycles. The fourth-order valence-electron chi connectivity index (χ4n) is 2.37. The van der Waals surface area contributed by atoms with Gasteiger partial charge in [-0.25, -0.2) is 8.42 Å². The number of nitrogens with one attached hydrogen (secondary N) is 1. The van der Waals surface area contributed by atoms with Gasteiger partial charge in [0.15, 0.2) is 9.84 Å². The molecular formula is C14H18BrNO3S. The molecule has 1 heterocycles. The molecule has 0 spiro atoms. The molecule has 1 aliphatic heterocycles. The summed E-state index contributed by atoms with van der Waals surface area (Å²) in [6.07, 6.45) is 1.91. The van der Waals surface area contributed by atoms with Gasteiger partial charge in [-0.3, -0.25) is 4.79 Å². The zero-order valence-corrected chi connectivity index (χ0v) is 13.5. The lowest BCUT2D eigenvalue weighted by Crippen LogP contribution is -2.42. The van der Waals surface area contributed by atoms with E-state index < -0.39 is 15.1 Å². The highest BCUT2D eigenvalue weighted by molar-refractivity contribution is 9.08. The van der Waals surface area contributed by atoms with Gasteiger partial charge in [-0.1, -0.05) is 46.6 Å². The first-order valence-electron chi connectivity index (χ1n) is 6.66. The summed E-state index contributed by atoms with van der Waals surface area (Å²) in [6, 6.07) is 7.83. The lowest BCUT2D eigenvalue weighted by molar-refractivity contribution is -0.121. The summed E-state index contributed by atoms with van der Waals surface area (Å²) in [5.41, 5.74) is 2.10. The van der Waals surface area contributed by atoms with Gasteiger partial charge in [-0.15, -0.1) is 0 Å². The molecule has 1 N–H and O–H groups in total. The summed E-state index contributed by atoms with van der Waals surface area (Å²) < 4.78 is 23.7. The lowest BCUT2D eigenvalue weighted by Gasteiger charge is -2.21. The van der Waals surface area contributed by atoms with Crippen molar-refractivity contribution in [1.82, 2.24) is 5.32 Å². The maximum Gasteiger partial charge on any atom is 0.238 e. The first-order chi connectivity index (χ1) is 9.53. The molecule has 1 unspecified atom stereocenters. The van der Waals surface area contributed by atoms with Crippen molar-refractivity contribution in [1.29, 1.82) is 0 Å². The van der Waals surface area contributed by atoms with Crippen molar-refractivity contribution in [2.24, 2.45) is 0 Å². The van der Waals surface area contributed by atoms with Gasteiger partial charge in [0.1, 0.15) is 5.25 Å². The lowest BCUT2D eigenvalue weighted by atomic mass is 10.1. The van der Waals surface area contributed by atoms with Crippen molar-refractivity contribution in [2.45, 2.75) is 36.4 Å². The number of carbonyl (C=O) groups excluding carboxylic acids is 1. The Morgan fingerprint density at radius 1 is 1.30 bits per heavy atom. The topological polar surface area (TPSA) is 63.2 Å². The zero-order valence-electron chi connectivity index (χ0n) is 11.1. The second kappa shape index (κ2) is 6.72. The highest BCUT2D eigenvalue weighted by Crippen LogP contribution is 2.19. The van der Waals surface area contributed by atoms with E-state index in [-0.39, 0.29) is 11.7 Å². The van der Waals surface area contributed by atoms with Crippen molar-refractivity contribution in [3.63, 3.8) is 0 Å². The molecule has 4 nitrogen and oxygen atoms in total. The molecule has 1 aliphatic rings. The minimum absolute atomic E-state index is 0.129. The van der Waals surface area contributed by atoms with E-state index in [1.54, 1.807) is 0 Å². The molecule has 1 fully saturated rings. The molecule has 0 aromatic heterocycles. The smallest absolute Gasteiger partial charge is 0.238 e. The first kappa shape index (κ1) is 15.5. The van der Waals surface area contributed by atoms with Gasteiger partial charge in [-0.05, 0) is 24.0 Å². The Morgan fingerprint density at radius 2 is 2.05 bits per heavy atom. The molecule has 20 heavy (non-hydrogen) atoms. The molecule has 1 atom stereocenters. The molecular weight excluding hydrogens is 342 g/mol. The summed E-state index contributed by atoms with van der Waals surface area (Å²) in [7, 11) is -3.26. The van der Waals surface area contributed by atoms with Crippen LogP contribution in [0, 0.1) is 0 Å². The van der Waals surface area contributed by atoms with Crippen molar-refractivity contribution in [3.8, 4) is 0 Å². The molecule has 1 saturated heterocycles. The molecule has 6 heteroatoms.